The second kappa shape index (κ2) is 4.77. The highest BCUT2D eigenvalue weighted by atomic mass is 32.2. The van der Waals surface area contributed by atoms with Gasteiger partial charge >= 0.3 is 0 Å². The van der Waals surface area contributed by atoms with Crippen molar-refractivity contribution in [3.05, 3.63) is 36.4 Å². The number of fused-ring (bicyclic) bond motifs is 4. The van der Waals surface area contributed by atoms with Crippen molar-refractivity contribution in [2.75, 3.05) is 16.4 Å². The minimum atomic E-state index is -3.05. The van der Waals surface area contributed by atoms with Gasteiger partial charge in [-0.2, -0.15) is 0 Å². The van der Waals surface area contributed by atoms with Crippen LogP contribution in [0.2, 0.25) is 0 Å². The number of anilines is 1. The van der Waals surface area contributed by atoms with Gasteiger partial charge in [0, 0.05) is 17.7 Å². The average Bonchev–Trinajstić information content (AvgIpc) is 3.16. The lowest BCUT2D eigenvalue weighted by Crippen LogP contribution is -2.36. The summed E-state index contributed by atoms with van der Waals surface area (Å²) in [5, 5.41) is 2.78. The molecular weight excluding hydrogens is 344 g/mol. The van der Waals surface area contributed by atoms with Gasteiger partial charge in [0.05, 0.1) is 27.8 Å². The largest absolute Gasteiger partial charge is 0.284 e. The minimum absolute atomic E-state index is 0.0109. The normalized spacial score (nSPS) is 25.7. The summed E-state index contributed by atoms with van der Waals surface area (Å²) in [6, 6.07) is 11.8. The van der Waals surface area contributed by atoms with E-state index in [0.717, 1.165) is 21.0 Å². The van der Waals surface area contributed by atoms with Crippen LogP contribution in [0, 0.1) is 5.92 Å². The Hall–Kier alpha value is -1.99. The monoisotopic (exact) mass is 358 g/mol. The van der Waals surface area contributed by atoms with Crippen molar-refractivity contribution in [2.24, 2.45) is 5.92 Å². The van der Waals surface area contributed by atoms with Crippen LogP contribution in [0.15, 0.2) is 36.4 Å². The molecule has 0 saturated carbocycles. The molecule has 3 aromatic rings. The second-order valence-corrected chi connectivity index (χ2v) is 9.66. The third-order valence-corrected chi connectivity index (χ3v) is 7.76. The maximum atomic E-state index is 12.4. The maximum absolute atomic E-state index is 12.4. The summed E-state index contributed by atoms with van der Waals surface area (Å²) in [6.45, 7) is 0. The highest BCUT2D eigenvalue weighted by Gasteiger charge is 2.50. The highest BCUT2D eigenvalue weighted by Crippen LogP contribution is 2.41. The van der Waals surface area contributed by atoms with Crippen LogP contribution in [0.1, 0.15) is 6.42 Å². The molecule has 2 aromatic carbocycles. The predicted molar refractivity (Wildman–Crippen MR) is 95.2 cm³/mol. The van der Waals surface area contributed by atoms with E-state index in [1.807, 2.05) is 36.4 Å². The van der Waals surface area contributed by atoms with E-state index in [1.54, 1.807) is 4.90 Å². The average molecular weight is 358 g/mol. The number of nitrogens with zero attached hydrogens (tertiary/aromatic N) is 2. The Morgan fingerprint density at radius 1 is 1.12 bits per heavy atom. The summed E-state index contributed by atoms with van der Waals surface area (Å²) in [7, 11) is -3.05. The number of carbonyl (C=O) groups is 1. The van der Waals surface area contributed by atoms with Crippen LogP contribution in [-0.4, -0.2) is 36.9 Å². The molecule has 0 N–H and O–H groups in total. The molecule has 0 spiro atoms. The SMILES string of the molecule is O=C1C[C@H]2CS(=O)(=O)C[C@@H]2N1c1nc2c(ccc3ccccc32)s1. The Kier molecular flexibility index (Phi) is 2.85. The molecule has 0 unspecified atom stereocenters. The molecule has 24 heavy (non-hydrogen) atoms. The molecule has 1 aromatic heterocycles. The van der Waals surface area contributed by atoms with Crippen LogP contribution in [0.4, 0.5) is 5.13 Å². The smallest absolute Gasteiger partial charge is 0.229 e. The van der Waals surface area contributed by atoms with Crippen molar-refractivity contribution in [2.45, 2.75) is 12.5 Å². The van der Waals surface area contributed by atoms with Crippen molar-refractivity contribution in [1.82, 2.24) is 4.98 Å². The van der Waals surface area contributed by atoms with E-state index < -0.39 is 9.84 Å². The van der Waals surface area contributed by atoms with Crippen LogP contribution >= 0.6 is 11.3 Å². The number of carbonyl (C=O) groups excluding carboxylic acids is 1. The van der Waals surface area contributed by atoms with Crippen molar-refractivity contribution in [1.29, 1.82) is 0 Å². The molecule has 2 atom stereocenters. The molecule has 0 bridgehead atoms. The van der Waals surface area contributed by atoms with Gasteiger partial charge in [-0.1, -0.05) is 41.7 Å². The number of sulfone groups is 1. The first-order valence-electron chi connectivity index (χ1n) is 7.83. The molecule has 5 nitrogen and oxygen atoms in total. The van der Waals surface area contributed by atoms with Gasteiger partial charge in [0.1, 0.15) is 0 Å². The molecule has 2 aliphatic rings. The minimum Gasteiger partial charge on any atom is -0.284 e. The van der Waals surface area contributed by atoms with Crippen LogP contribution in [-0.2, 0) is 14.6 Å². The van der Waals surface area contributed by atoms with Gasteiger partial charge in [-0.25, -0.2) is 13.4 Å². The molecule has 0 aliphatic carbocycles. The van der Waals surface area contributed by atoms with E-state index in [0.29, 0.717) is 11.6 Å². The molecular formula is C17H14N2O3S2. The molecule has 3 heterocycles. The van der Waals surface area contributed by atoms with E-state index >= 15 is 0 Å². The van der Waals surface area contributed by atoms with E-state index in [9.17, 15) is 13.2 Å². The van der Waals surface area contributed by atoms with Gasteiger partial charge in [-0.05, 0) is 11.5 Å². The number of hydrogen-bond acceptors (Lipinski definition) is 5. The molecule has 2 saturated heterocycles. The number of aromatic nitrogens is 1. The van der Waals surface area contributed by atoms with Crippen LogP contribution < -0.4 is 4.90 Å². The van der Waals surface area contributed by atoms with Crippen molar-refractivity contribution >= 4 is 53.2 Å². The summed E-state index contributed by atoms with van der Waals surface area (Å²) < 4.78 is 24.9. The molecule has 0 radical (unpaired) electrons. The lowest BCUT2D eigenvalue weighted by molar-refractivity contribution is -0.117. The highest BCUT2D eigenvalue weighted by molar-refractivity contribution is 7.91. The molecule has 2 aliphatic heterocycles. The van der Waals surface area contributed by atoms with Gasteiger partial charge in [-0.15, -0.1) is 0 Å². The zero-order valence-electron chi connectivity index (χ0n) is 12.7. The Balaban J connectivity index is 1.66. The third kappa shape index (κ3) is 2.01. The van der Waals surface area contributed by atoms with Crippen LogP contribution in [0.25, 0.3) is 21.0 Å². The Morgan fingerprint density at radius 2 is 1.96 bits per heavy atom. The molecule has 1 amide bonds. The number of amides is 1. The number of hydrogen-bond donors (Lipinski definition) is 0. The standard InChI is InChI=1S/C17H14N2O3S2/c20-15-7-11-8-24(21,22)9-13(11)19(15)17-18-16-12-4-2-1-3-10(12)5-6-14(16)23-17/h1-6,11,13H,7-9H2/t11-,13-/m0/s1. The maximum Gasteiger partial charge on any atom is 0.229 e. The van der Waals surface area contributed by atoms with Gasteiger partial charge in [-0.3, -0.25) is 9.69 Å². The zero-order chi connectivity index (χ0) is 16.5. The predicted octanol–water partition coefficient (Wildman–Crippen LogP) is 2.60. The quantitative estimate of drug-likeness (QED) is 0.671. The van der Waals surface area contributed by atoms with E-state index in [-0.39, 0.29) is 29.4 Å². The van der Waals surface area contributed by atoms with Gasteiger partial charge in [0.15, 0.2) is 15.0 Å². The first kappa shape index (κ1) is 14.4. The summed E-state index contributed by atoms with van der Waals surface area (Å²) in [4.78, 5) is 18.8. The molecule has 122 valence electrons. The summed E-state index contributed by atoms with van der Waals surface area (Å²) in [6.07, 6.45) is 0.306. The van der Waals surface area contributed by atoms with Crippen molar-refractivity contribution in [3.63, 3.8) is 0 Å². The molecule has 2 fully saturated rings. The fourth-order valence-electron chi connectivity index (χ4n) is 3.89. The number of thiazole rings is 1. The van der Waals surface area contributed by atoms with Crippen LogP contribution in [0.3, 0.4) is 0 Å². The number of benzene rings is 2. The fraction of sp³-hybridized carbons (Fsp3) is 0.294. The van der Waals surface area contributed by atoms with E-state index in [2.05, 4.69) is 0 Å². The van der Waals surface area contributed by atoms with E-state index in [4.69, 9.17) is 4.98 Å². The van der Waals surface area contributed by atoms with Crippen molar-refractivity contribution in [3.8, 4) is 0 Å². The first-order chi connectivity index (χ1) is 11.5. The van der Waals surface area contributed by atoms with Gasteiger partial charge < -0.3 is 0 Å². The first-order valence-corrected chi connectivity index (χ1v) is 10.5. The summed E-state index contributed by atoms with van der Waals surface area (Å²) >= 11 is 1.46. The molecule has 7 heteroatoms. The van der Waals surface area contributed by atoms with Gasteiger partial charge in [0.2, 0.25) is 5.91 Å². The topological polar surface area (TPSA) is 67.3 Å². The summed E-state index contributed by atoms with van der Waals surface area (Å²) in [5.41, 5.74) is 0.880. The second-order valence-electron chi connectivity index (χ2n) is 6.50. The fourth-order valence-corrected chi connectivity index (χ4v) is 7.02. The summed E-state index contributed by atoms with van der Waals surface area (Å²) in [5.74, 6) is 0.0721. The van der Waals surface area contributed by atoms with Crippen molar-refractivity contribution < 1.29 is 13.2 Å². The Labute approximate surface area is 142 Å². The lowest BCUT2D eigenvalue weighted by Gasteiger charge is -2.19. The Bertz CT molecular complexity index is 1100. The number of rotatable bonds is 1. The molecule has 5 rings (SSSR count). The van der Waals surface area contributed by atoms with Crippen LogP contribution in [0.5, 0.6) is 0 Å². The third-order valence-electron chi connectivity index (χ3n) is 4.95. The van der Waals surface area contributed by atoms with E-state index in [1.165, 1.54) is 11.3 Å². The lowest BCUT2D eigenvalue weighted by atomic mass is 10.1. The zero-order valence-corrected chi connectivity index (χ0v) is 14.3. The van der Waals surface area contributed by atoms with Gasteiger partial charge in [0.25, 0.3) is 0 Å². The Morgan fingerprint density at radius 3 is 2.83 bits per heavy atom.